The van der Waals surface area contributed by atoms with Crippen molar-refractivity contribution in [1.82, 2.24) is 5.32 Å². The summed E-state index contributed by atoms with van der Waals surface area (Å²) in [5.41, 5.74) is 1.67. The second-order valence-electron chi connectivity index (χ2n) is 4.28. The van der Waals surface area contributed by atoms with Gasteiger partial charge in [0.15, 0.2) is 0 Å². The van der Waals surface area contributed by atoms with E-state index in [0.717, 1.165) is 11.1 Å². The fraction of sp³-hybridized carbons (Fsp3) is 0.143. The maximum atomic E-state index is 13.0. The van der Waals surface area contributed by atoms with Gasteiger partial charge in [0.1, 0.15) is 5.82 Å². The summed E-state index contributed by atoms with van der Waals surface area (Å²) < 4.78 is 13.5. The molecule has 20 heavy (non-hydrogen) atoms. The first-order chi connectivity index (χ1) is 9.56. The normalized spacial score (nSPS) is 10.5. The van der Waals surface area contributed by atoms with E-state index in [-0.39, 0.29) is 11.5 Å². The van der Waals surface area contributed by atoms with Gasteiger partial charge in [-0.1, -0.05) is 18.2 Å². The molecule has 0 saturated carbocycles. The molecule has 2 rings (SSSR count). The lowest BCUT2D eigenvalue weighted by atomic mass is 10.2. The Morgan fingerprint density at radius 1 is 1.15 bits per heavy atom. The van der Waals surface area contributed by atoms with Crippen molar-refractivity contribution in [2.24, 2.45) is 0 Å². The zero-order chi connectivity index (χ0) is 14.5. The number of nitro groups is 1. The summed E-state index contributed by atoms with van der Waals surface area (Å²) in [5, 5.41) is 13.9. The molecule has 0 atom stereocenters. The Hall–Kier alpha value is -1.79. The van der Waals surface area contributed by atoms with E-state index >= 15 is 0 Å². The van der Waals surface area contributed by atoms with E-state index in [1.165, 1.54) is 18.2 Å². The second kappa shape index (κ2) is 6.58. The minimum Gasteiger partial charge on any atom is -0.309 e. The summed E-state index contributed by atoms with van der Waals surface area (Å²) in [4.78, 5) is 10.4. The van der Waals surface area contributed by atoms with E-state index in [1.54, 1.807) is 18.2 Å². The molecule has 0 saturated heterocycles. The molecule has 0 spiro atoms. The zero-order valence-electron chi connectivity index (χ0n) is 10.5. The highest BCUT2D eigenvalue weighted by Gasteiger charge is 2.11. The fourth-order valence-electron chi connectivity index (χ4n) is 1.81. The van der Waals surface area contributed by atoms with Crippen molar-refractivity contribution in [3.8, 4) is 0 Å². The average Bonchev–Trinajstić information content (AvgIpc) is 2.40. The summed E-state index contributed by atoms with van der Waals surface area (Å²) in [7, 11) is 0. The van der Waals surface area contributed by atoms with Crippen LogP contribution in [0.1, 0.15) is 11.1 Å². The highest BCUT2D eigenvalue weighted by molar-refractivity contribution is 9.10. The molecule has 0 aromatic heterocycles. The first-order valence-corrected chi connectivity index (χ1v) is 6.73. The first kappa shape index (κ1) is 14.6. The van der Waals surface area contributed by atoms with Gasteiger partial charge in [-0.05, 0) is 45.3 Å². The van der Waals surface area contributed by atoms with Gasteiger partial charge in [-0.25, -0.2) is 4.39 Å². The van der Waals surface area contributed by atoms with Gasteiger partial charge in [-0.3, -0.25) is 10.1 Å². The zero-order valence-corrected chi connectivity index (χ0v) is 12.1. The van der Waals surface area contributed by atoms with Crippen molar-refractivity contribution >= 4 is 21.6 Å². The van der Waals surface area contributed by atoms with Crippen molar-refractivity contribution in [1.29, 1.82) is 0 Å². The Kier molecular flexibility index (Phi) is 4.81. The molecule has 2 aromatic carbocycles. The number of rotatable bonds is 5. The summed E-state index contributed by atoms with van der Waals surface area (Å²) in [5.74, 6) is -0.274. The highest BCUT2D eigenvalue weighted by atomic mass is 79.9. The molecule has 104 valence electrons. The topological polar surface area (TPSA) is 55.2 Å². The number of benzene rings is 2. The van der Waals surface area contributed by atoms with Gasteiger partial charge >= 0.3 is 0 Å². The number of hydrogen-bond donors (Lipinski definition) is 1. The largest absolute Gasteiger partial charge is 0.309 e. The predicted octanol–water partition coefficient (Wildman–Crippen LogP) is 3.79. The summed E-state index contributed by atoms with van der Waals surface area (Å²) in [6.45, 7) is 0.978. The van der Waals surface area contributed by atoms with E-state index in [0.29, 0.717) is 17.6 Å². The summed E-state index contributed by atoms with van der Waals surface area (Å²) in [6, 6.07) is 11.3. The van der Waals surface area contributed by atoms with Gasteiger partial charge in [0.05, 0.1) is 9.40 Å². The Morgan fingerprint density at radius 2 is 1.85 bits per heavy atom. The molecule has 0 bridgehead atoms. The lowest BCUT2D eigenvalue weighted by Gasteiger charge is -2.06. The van der Waals surface area contributed by atoms with Crippen LogP contribution in [0.4, 0.5) is 10.1 Å². The molecule has 0 aliphatic heterocycles. The fourth-order valence-corrected chi connectivity index (χ4v) is 2.20. The molecule has 2 aromatic rings. The van der Waals surface area contributed by atoms with Crippen molar-refractivity contribution in [2.45, 2.75) is 13.1 Å². The molecule has 0 aliphatic rings. The summed E-state index contributed by atoms with van der Waals surface area (Å²) >= 11 is 3.14. The molecular formula is C14H12BrFN2O2. The minimum absolute atomic E-state index is 0.0371. The van der Waals surface area contributed by atoms with Crippen molar-refractivity contribution < 1.29 is 9.31 Å². The van der Waals surface area contributed by atoms with Crippen molar-refractivity contribution in [3.63, 3.8) is 0 Å². The molecule has 0 radical (unpaired) electrons. The van der Waals surface area contributed by atoms with Crippen LogP contribution in [0, 0.1) is 15.9 Å². The maximum absolute atomic E-state index is 13.0. The third kappa shape index (κ3) is 3.85. The van der Waals surface area contributed by atoms with E-state index in [2.05, 4.69) is 21.2 Å². The molecule has 4 nitrogen and oxygen atoms in total. The lowest BCUT2D eigenvalue weighted by molar-refractivity contribution is -0.385. The Balaban J connectivity index is 1.97. The van der Waals surface area contributed by atoms with E-state index in [1.807, 2.05) is 6.07 Å². The van der Waals surface area contributed by atoms with Crippen LogP contribution in [0.5, 0.6) is 0 Å². The molecule has 0 aliphatic carbocycles. The number of nitrogens with one attached hydrogen (secondary N) is 1. The third-order valence-corrected chi connectivity index (χ3v) is 3.43. The molecule has 0 unspecified atom stereocenters. The monoisotopic (exact) mass is 338 g/mol. The van der Waals surface area contributed by atoms with Crippen LogP contribution in [0.15, 0.2) is 46.9 Å². The van der Waals surface area contributed by atoms with Crippen LogP contribution < -0.4 is 5.32 Å². The van der Waals surface area contributed by atoms with E-state index < -0.39 is 4.92 Å². The van der Waals surface area contributed by atoms with Crippen LogP contribution >= 0.6 is 15.9 Å². The second-order valence-corrected chi connectivity index (χ2v) is 5.13. The Bertz CT molecular complexity index is 634. The van der Waals surface area contributed by atoms with Crippen LogP contribution in [-0.4, -0.2) is 4.92 Å². The number of halogens is 2. The summed E-state index contributed by atoms with van der Waals surface area (Å²) in [6.07, 6.45) is 0. The van der Waals surface area contributed by atoms with E-state index in [4.69, 9.17) is 0 Å². The van der Waals surface area contributed by atoms with Gasteiger partial charge in [-0.2, -0.15) is 0 Å². The molecule has 6 heteroatoms. The number of hydrogen-bond acceptors (Lipinski definition) is 3. The Morgan fingerprint density at radius 3 is 2.50 bits per heavy atom. The van der Waals surface area contributed by atoms with Crippen LogP contribution in [0.2, 0.25) is 0 Å². The minimum atomic E-state index is -0.430. The first-order valence-electron chi connectivity index (χ1n) is 5.94. The van der Waals surface area contributed by atoms with Gasteiger partial charge in [0.25, 0.3) is 5.69 Å². The van der Waals surface area contributed by atoms with Gasteiger partial charge in [0, 0.05) is 19.2 Å². The van der Waals surface area contributed by atoms with E-state index in [9.17, 15) is 14.5 Å². The number of nitrogens with zero attached hydrogens (tertiary/aromatic N) is 1. The smallest absolute Gasteiger partial charge is 0.283 e. The highest BCUT2D eigenvalue weighted by Crippen LogP contribution is 2.25. The van der Waals surface area contributed by atoms with Crippen molar-refractivity contribution in [2.75, 3.05) is 0 Å². The molecular weight excluding hydrogens is 327 g/mol. The van der Waals surface area contributed by atoms with Crippen LogP contribution in [0.3, 0.4) is 0 Å². The van der Waals surface area contributed by atoms with Crippen LogP contribution in [0.25, 0.3) is 0 Å². The van der Waals surface area contributed by atoms with Crippen LogP contribution in [-0.2, 0) is 13.1 Å². The quantitative estimate of drug-likeness (QED) is 0.666. The van der Waals surface area contributed by atoms with Crippen molar-refractivity contribution in [3.05, 3.63) is 74.0 Å². The number of nitro benzene ring substituents is 1. The molecule has 0 heterocycles. The standard InChI is InChI=1S/C14H12BrFN2O2/c15-13-5-4-11(7-14(13)18(19)20)9-17-8-10-2-1-3-12(16)6-10/h1-7,17H,8-9H2. The predicted molar refractivity (Wildman–Crippen MR) is 77.7 cm³/mol. The van der Waals surface area contributed by atoms with Gasteiger partial charge in [0.2, 0.25) is 0 Å². The average molecular weight is 339 g/mol. The maximum Gasteiger partial charge on any atom is 0.283 e. The SMILES string of the molecule is O=[N+]([O-])c1cc(CNCc2cccc(F)c2)ccc1Br. The van der Waals surface area contributed by atoms with Gasteiger partial charge in [-0.15, -0.1) is 0 Å². The molecule has 1 N–H and O–H groups in total. The lowest BCUT2D eigenvalue weighted by Crippen LogP contribution is -2.12. The molecule has 0 amide bonds. The molecule has 0 fully saturated rings. The Labute approximate surface area is 123 Å². The van der Waals surface area contributed by atoms with Gasteiger partial charge < -0.3 is 5.32 Å². The third-order valence-electron chi connectivity index (χ3n) is 2.75.